The van der Waals surface area contributed by atoms with E-state index >= 15 is 0 Å². The van der Waals surface area contributed by atoms with Gasteiger partial charge in [-0.2, -0.15) is 13.2 Å². The van der Waals surface area contributed by atoms with Crippen molar-refractivity contribution >= 4 is 24.0 Å². The summed E-state index contributed by atoms with van der Waals surface area (Å²) in [5, 5.41) is 1.73. The van der Waals surface area contributed by atoms with Crippen molar-refractivity contribution in [2.75, 3.05) is 5.32 Å². The molecular formula is C9H10ClF3N2O. The Bertz CT molecular complexity index is 351. The van der Waals surface area contributed by atoms with Gasteiger partial charge in [0.15, 0.2) is 0 Å². The molecule has 1 aromatic rings. The van der Waals surface area contributed by atoms with Crippen molar-refractivity contribution in [3.8, 4) is 0 Å². The topological polar surface area (TPSA) is 55.1 Å². The Kier molecular flexibility index (Phi) is 5.26. The van der Waals surface area contributed by atoms with Gasteiger partial charge in [-0.15, -0.1) is 12.4 Å². The summed E-state index contributed by atoms with van der Waals surface area (Å²) in [7, 11) is 0. The molecule has 0 unspecified atom stereocenters. The third kappa shape index (κ3) is 4.08. The van der Waals surface area contributed by atoms with Crippen molar-refractivity contribution < 1.29 is 18.0 Å². The zero-order valence-corrected chi connectivity index (χ0v) is 8.86. The van der Waals surface area contributed by atoms with Gasteiger partial charge in [-0.05, 0) is 17.7 Å². The van der Waals surface area contributed by atoms with Gasteiger partial charge in [-0.1, -0.05) is 12.1 Å². The van der Waals surface area contributed by atoms with Crippen molar-refractivity contribution in [3.05, 3.63) is 29.8 Å². The zero-order chi connectivity index (χ0) is 11.5. The molecular weight excluding hydrogens is 245 g/mol. The fourth-order valence-electron chi connectivity index (χ4n) is 0.926. The first-order valence-corrected chi connectivity index (χ1v) is 4.10. The van der Waals surface area contributed by atoms with Crippen LogP contribution in [0.25, 0.3) is 0 Å². The largest absolute Gasteiger partial charge is 0.471 e. The third-order valence-corrected chi connectivity index (χ3v) is 1.70. The lowest BCUT2D eigenvalue weighted by Crippen LogP contribution is -2.29. The number of alkyl halides is 3. The second kappa shape index (κ2) is 5.72. The Morgan fingerprint density at radius 2 is 1.75 bits per heavy atom. The van der Waals surface area contributed by atoms with E-state index in [4.69, 9.17) is 5.73 Å². The highest BCUT2D eigenvalue weighted by molar-refractivity contribution is 5.94. The molecule has 1 rings (SSSR count). The van der Waals surface area contributed by atoms with Crippen LogP contribution in [0.5, 0.6) is 0 Å². The maximum absolute atomic E-state index is 11.8. The van der Waals surface area contributed by atoms with Crippen LogP contribution >= 0.6 is 12.4 Å². The van der Waals surface area contributed by atoms with Gasteiger partial charge >= 0.3 is 12.1 Å². The molecule has 0 bridgehead atoms. The number of amides is 1. The first-order chi connectivity index (χ1) is 6.93. The molecule has 0 atom stereocenters. The standard InChI is InChI=1S/C9H9F3N2O.ClH/c10-9(11,12)8(15)14-7-3-1-6(5-13)2-4-7;/h1-4H,5,13H2,(H,14,15);1H. The summed E-state index contributed by atoms with van der Waals surface area (Å²) >= 11 is 0. The summed E-state index contributed by atoms with van der Waals surface area (Å²) in [4.78, 5) is 10.5. The Morgan fingerprint density at radius 1 is 1.25 bits per heavy atom. The van der Waals surface area contributed by atoms with E-state index in [-0.39, 0.29) is 18.1 Å². The van der Waals surface area contributed by atoms with E-state index in [2.05, 4.69) is 0 Å². The molecule has 0 spiro atoms. The van der Waals surface area contributed by atoms with Gasteiger partial charge in [0, 0.05) is 12.2 Å². The highest BCUT2D eigenvalue weighted by atomic mass is 35.5. The highest BCUT2D eigenvalue weighted by Gasteiger charge is 2.38. The second-order valence-corrected chi connectivity index (χ2v) is 2.85. The highest BCUT2D eigenvalue weighted by Crippen LogP contribution is 2.18. The fourth-order valence-corrected chi connectivity index (χ4v) is 0.926. The third-order valence-electron chi connectivity index (χ3n) is 1.70. The van der Waals surface area contributed by atoms with E-state index in [9.17, 15) is 18.0 Å². The van der Waals surface area contributed by atoms with E-state index in [0.29, 0.717) is 6.54 Å². The van der Waals surface area contributed by atoms with E-state index in [0.717, 1.165) is 5.56 Å². The number of nitrogens with two attached hydrogens (primary N) is 1. The number of benzene rings is 1. The van der Waals surface area contributed by atoms with Crippen LogP contribution in [0, 0.1) is 0 Å². The Morgan fingerprint density at radius 3 is 2.12 bits per heavy atom. The van der Waals surface area contributed by atoms with Crippen molar-refractivity contribution in [3.63, 3.8) is 0 Å². The van der Waals surface area contributed by atoms with Crippen LogP contribution in [0.1, 0.15) is 5.56 Å². The summed E-state index contributed by atoms with van der Waals surface area (Å²) in [6.45, 7) is 0.299. The summed E-state index contributed by atoms with van der Waals surface area (Å²) < 4.78 is 35.5. The minimum absolute atomic E-state index is 0. The van der Waals surface area contributed by atoms with Gasteiger partial charge in [0.1, 0.15) is 0 Å². The van der Waals surface area contributed by atoms with Crippen molar-refractivity contribution in [1.29, 1.82) is 0 Å². The predicted octanol–water partition coefficient (Wildman–Crippen LogP) is 2.07. The van der Waals surface area contributed by atoms with Gasteiger partial charge in [-0.3, -0.25) is 4.79 Å². The molecule has 3 nitrogen and oxygen atoms in total. The van der Waals surface area contributed by atoms with Gasteiger partial charge in [0.05, 0.1) is 0 Å². The lowest BCUT2D eigenvalue weighted by molar-refractivity contribution is -0.167. The molecule has 90 valence electrons. The predicted molar refractivity (Wildman–Crippen MR) is 56.3 cm³/mol. The lowest BCUT2D eigenvalue weighted by Gasteiger charge is -2.07. The molecule has 0 saturated heterocycles. The number of nitrogens with one attached hydrogen (secondary N) is 1. The minimum atomic E-state index is -4.87. The van der Waals surface area contributed by atoms with Crippen LogP contribution in [0.3, 0.4) is 0 Å². The monoisotopic (exact) mass is 254 g/mol. The van der Waals surface area contributed by atoms with Crippen LogP contribution in [0.2, 0.25) is 0 Å². The summed E-state index contributed by atoms with van der Waals surface area (Å²) in [5.74, 6) is -1.98. The van der Waals surface area contributed by atoms with E-state index < -0.39 is 12.1 Å². The van der Waals surface area contributed by atoms with Crippen LogP contribution in [0.4, 0.5) is 18.9 Å². The summed E-state index contributed by atoms with van der Waals surface area (Å²) in [5.41, 5.74) is 6.17. The molecule has 0 aromatic heterocycles. The Balaban J connectivity index is 0.00000225. The summed E-state index contributed by atoms with van der Waals surface area (Å²) in [6.07, 6.45) is -4.87. The first-order valence-electron chi connectivity index (χ1n) is 4.10. The Labute approximate surface area is 96.2 Å². The van der Waals surface area contributed by atoms with E-state index in [1.807, 2.05) is 0 Å². The molecule has 0 radical (unpaired) electrons. The molecule has 0 heterocycles. The SMILES string of the molecule is Cl.NCc1ccc(NC(=O)C(F)(F)F)cc1. The average molecular weight is 255 g/mol. The van der Waals surface area contributed by atoms with Crippen LogP contribution in [0.15, 0.2) is 24.3 Å². The molecule has 3 N–H and O–H groups in total. The zero-order valence-electron chi connectivity index (χ0n) is 8.04. The Hall–Kier alpha value is -1.27. The van der Waals surface area contributed by atoms with Crippen LogP contribution in [-0.2, 0) is 11.3 Å². The van der Waals surface area contributed by atoms with Gasteiger partial charge in [0.25, 0.3) is 0 Å². The van der Waals surface area contributed by atoms with Crippen molar-refractivity contribution in [1.82, 2.24) is 0 Å². The maximum Gasteiger partial charge on any atom is 0.471 e. The normalized spacial score (nSPS) is 10.5. The summed E-state index contributed by atoms with van der Waals surface area (Å²) in [6, 6.07) is 5.83. The lowest BCUT2D eigenvalue weighted by atomic mass is 10.2. The van der Waals surface area contributed by atoms with Crippen LogP contribution in [-0.4, -0.2) is 12.1 Å². The van der Waals surface area contributed by atoms with Crippen LogP contribution < -0.4 is 11.1 Å². The number of hydrogen-bond donors (Lipinski definition) is 2. The van der Waals surface area contributed by atoms with Gasteiger partial charge < -0.3 is 11.1 Å². The van der Waals surface area contributed by atoms with Crippen molar-refractivity contribution in [2.24, 2.45) is 5.73 Å². The number of anilines is 1. The van der Waals surface area contributed by atoms with E-state index in [1.54, 1.807) is 17.4 Å². The maximum atomic E-state index is 11.8. The molecule has 1 aromatic carbocycles. The molecule has 0 fully saturated rings. The molecule has 0 saturated carbocycles. The molecule has 0 aliphatic carbocycles. The molecule has 16 heavy (non-hydrogen) atoms. The quantitative estimate of drug-likeness (QED) is 0.849. The first kappa shape index (κ1) is 14.7. The number of carbonyl (C=O) groups excluding carboxylic acids is 1. The minimum Gasteiger partial charge on any atom is -0.326 e. The number of carbonyl (C=O) groups is 1. The van der Waals surface area contributed by atoms with Gasteiger partial charge in [-0.25, -0.2) is 0 Å². The fraction of sp³-hybridized carbons (Fsp3) is 0.222. The van der Waals surface area contributed by atoms with E-state index in [1.165, 1.54) is 12.1 Å². The smallest absolute Gasteiger partial charge is 0.326 e. The molecule has 7 heteroatoms. The second-order valence-electron chi connectivity index (χ2n) is 2.85. The van der Waals surface area contributed by atoms with Gasteiger partial charge in [0.2, 0.25) is 0 Å². The number of rotatable bonds is 2. The average Bonchev–Trinajstić information content (AvgIpc) is 2.17. The molecule has 1 amide bonds. The molecule has 0 aliphatic rings. The number of hydrogen-bond acceptors (Lipinski definition) is 2. The van der Waals surface area contributed by atoms with Crippen molar-refractivity contribution in [2.45, 2.75) is 12.7 Å². The molecule has 0 aliphatic heterocycles. The number of halogens is 4.